The molecule has 9 heteroatoms. The summed E-state index contributed by atoms with van der Waals surface area (Å²) >= 11 is 0. The molecule has 1 fully saturated rings. The highest BCUT2D eigenvalue weighted by Crippen LogP contribution is 2.33. The van der Waals surface area contributed by atoms with Crippen LogP contribution in [0, 0.1) is 10.1 Å². The van der Waals surface area contributed by atoms with Gasteiger partial charge in [0.25, 0.3) is 0 Å². The Hall–Kier alpha value is -2.94. The standard InChI is InChI=1S/C17H22N6O3/c1-11-9-22(10-12(2)26-11)16-14(23(24)25)15(18)20-17(21-16)19-8-13-6-4-3-5-7-13/h3-7,11-12H,8-10H2,1-2H3,(H3,18,19,20,21)/t11-,12-/m0/s1. The average molecular weight is 358 g/mol. The fourth-order valence-electron chi connectivity index (χ4n) is 3.06. The van der Waals surface area contributed by atoms with Gasteiger partial charge in [-0.3, -0.25) is 10.1 Å². The Morgan fingerprint density at radius 2 is 1.92 bits per heavy atom. The summed E-state index contributed by atoms with van der Waals surface area (Å²) in [6.07, 6.45) is -0.120. The number of morpholine rings is 1. The lowest BCUT2D eigenvalue weighted by Gasteiger charge is -2.35. The van der Waals surface area contributed by atoms with Gasteiger partial charge in [-0.1, -0.05) is 30.3 Å². The van der Waals surface area contributed by atoms with Crippen LogP contribution in [-0.2, 0) is 11.3 Å². The average Bonchev–Trinajstić information content (AvgIpc) is 2.59. The molecule has 2 heterocycles. The van der Waals surface area contributed by atoms with Crippen molar-refractivity contribution in [2.75, 3.05) is 29.0 Å². The number of anilines is 3. The molecule has 0 amide bonds. The number of rotatable bonds is 5. The molecule has 2 atom stereocenters. The number of nitrogen functional groups attached to an aromatic ring is 1. The molecule has 0 aliphatic carbocycles. The lowest BCUT2D eigenvalue weighted by Crippen LogP contribution is -2.46. The highest BCUT2D eigenvalue weighted by atomic mass is 16.6. The van der Waals surface area contributed by atoms with Gasteiger partial charge in [0.15, 0.2) is 0 Å². The van der Waals surface area contributed by atoms with Crippen molar-refractivity contribution in [3.63, 3.8) is 0 Å². The Morgan fingerprint density at radius 1 is 1.27 bits per heavy atom. The van der Waals surface area contributed by atoms with Gasteiger partial charge in [-0.15, -0.1) is 0 Å². The van der Waals surface area contributed by atoms with Crippen molar-refractivity contribution in [3.8, 4) is 0 Å². The summed E-state index contributed by atoms with van der Waals surface area (Å²) in [5.41, 5.74) is 6.65. The van der Waals surface area contributed by atoms with Gasteiger partial charge in [0.1, 0.15) is 0 Å². The van der Waals surface area contributed by atoms with E-state index in [2.05, 4.69) is 15.3 Å². The van der Waals surface area contributed by atoms with Crippen molar-refractivity contribution in [2.45, 2.75) is 32.6 Å². The fraction of sp³-hybridized carbons (Fsp3) is 0.412. The maximum Gasteiger partial charge on any atom is 0.353 e. The second-order valence-corrected chi connectivity index (χ2v) is 6.36. The molecule has 0 spiro atoms. The minimum absolute atomic E-state index is 0.0599. The Kier molecular flexibility index (Phi) is 5.17. The third-order valence-electron chi connectivity index (χ3n) is 4.09. The second kappa shape index (κ2) is 7.52. The first-order valence-corrected chi connectivity index (χ1v) is 8.44. The Labute approximate surface area is 151 Å². The fourth-order valence-corrected chi connectivity index (χ4v) is 3.06. The second-order valence-electron chi connectivity index (χ2n) is 6.36. The zero-order chi connectivity index (χ0) is 18.7. The van der Waals surface area contributed by atoms with Crippen LogP contribution < -0.4 is 16.0 Å². The number of hydrogen-bond acceptors (Lipinski definition) is 8. The van der Waals surface area contributed by atoms with Gasteiger partial charge in [0.2, 0.25) is 17.6 Å². The summed E-state index contributed by atoms with van der Waals surface area (Å²) in [6, 6.07) is 9.73. The van der Waals surface area contributed by atoms with Crippen molar-refractivity contribution < 1.29 is 9.66 Å². The molecule has 1 aromatic carbocycles. The molecule has 0 radical (unpaired) electrons. The first kappa shape index (κ1) is 17.9. The van der Waals surface area contributed by atoms with Crippen LogP contribution in [0.2, 0.25) is 0 Å². The molecule has 1 aliphatic rings. The molecular formula is C17H22N6O3. The van der Waals surface area contributed by atoms with Gasteiger partial charge >= 0.3 is 5.69 Å². The summed E-state index contributed by atoms with van der Waals surface area (Å²) in [5, 5.41) is 14.6. The molecule has 3 N–H and O–H groups in total. The number of nitrogens with zero attached hydrogens (tertiary/aromatic N) is 4. The maximum absolute atomic E-state index is 11.5. The Morgan fingerprint density at radius 3 is 2.54 bits per heavy atom. The third-order valence-corrected chi connectivity index (χ3v) is 4.09. The number of hydrogen-bond donors (Lipinski definition) is 2. The SMILES string of the molecule is C[C@H]1CN(c2nc(NCc3ccccc3)nc(N)c2[N+](=O)[O-])C[C@H](C)O1. The zero-order valence-corrected chi connectivity index (χ0v) is 14.8. The van der Waals surface area contributed by atoms with Gasteiger partial charge in [-0.05, 0) is 19.4 Å². The van der Waals surface area contributed by atoms with E-state index in [1.165, 1.54) is 0 Å². The van der Waals surface area contributed by atoms with Crippen molar-refractivity contribution in [1.29, 1.82) is 0 Å². The van der Waals surface area contributed by atoms with Crippen molar-refractivity contribution >= 4 is 23.3 Å². The number of aromatic nitrogens is 2. The van der Waals surface area contributed by atoms with Gasteiger partial charge in [-0.25, -0.2) is 0 Å². The molecule has 1 aromatic heterocycles. The normalized spacial score (nSPS) is 20.0. The van der Waals surface area contributed by atoms with Crippen LogP contribution in [0.1, 0.15) is 19.4 Å². The van der Waals surface area contributed by atoms with Gasteiger partial charge < -0.3 is 20.7 Å². The molecule has 0 bridgehead atoms. The summed E-state index contributed by atoms with van der Waals surface area (Å²) < 4.78 is 5.70. The van der Waals surface area contributed by atoms with E-state index in [0.717, 1.165) is 5.56 Å². The third kappa shape index (κ3) is 3.99. The van der Waals surface area contributed by atoms with E-state index in [1.807, 2.05) is 49.1 Å². The lowest BCUT2D eigenvalue weighted by molar-refractivity contribution is -0.383. The Balaban J connectivity index is 1.90. The highest BCUT2D eigenvalue weighted by Gasteiger charge is 2.32. The molecule has 1 saturated heterocycles. The molecule has 138 valence electrons. The van der Waals surface area contributed by atoms with E-state index < -0.39 is 4.92 Å². The topological polar surface area (TPSA) is 119 Å². The molecule has 0 saturated carbocycles. The highest BCUT2D eigenvalue weighted by molar-refractivity contribution is 5.71. The maximum atomic E-state index is 11.5. The van der Waals surface area contributed by atoms with Crippen LogP contribution >= 0.6 is 0 Å². The summed E-state index contributed by atoms with van der Waals surface area (Å²) in [6.45, 7) is 5.34. The van der Waals surface area contributed by atoms with E-state index in [1.54, 1.807) is 0 Å². The monoisotopic (exact) mass is 358 g/mol. The zero-order valence-electron chi connectivity index (χ0n) is 14.8. The van der Waals surface area contributed by atoms with E-state index in [9.17, 15) is 10.1 Å². The minimum atomic E-state index is -0.531. The van der Waals surface area contributed by atoms with Crippen LogP contribution in [0.4, 0.5) is 23.3 Å². The van der Waals surface area contributed by atoms with Crippen LogP contribution in [0.25, 0.3) is 0 Å². The number of benzene rings is 1. The van der Waals surface area contributed by atoms with Crippen LogP contribution in [0.3, 0.4) is 0 Å². The minimum Gasteiger partial charge on any atom is -0.378 e. The summed E-state index contributed by atoms with van der Waals surface area (Å²) in [5.74, 6) is 0.334. The number of nitrogens with two attached hydrogens (primary N) is 1. The van der Waals surface area contributed by atoms with E-state index >= 15 is 0 Å². The molecule has 2 aromatic rings. The number of nitrogens with one attached hydrogen (secondary N) is 1. The molecule has 1 aliphatic heterocycles. The molecule has 0 unspecified atom stereocenters. The summed E-state index contributed by atoms with van der Waals surface area (Å²) in [4.78, 5) is 21.3. The predicted octanol–water partition coefficient (Wildman–Crippen LogP) is 2.19. The van der Waals surface area contributed by atoms with Gasteiger partial charge in [0, 0.05) is 19.6 Å². The predicted molar refractivity (Wildman–Crippen MR) is 99.1 cm³/mol. The number of ether oxygens (including phenoxy) is 1. The Bertz CT molecular complexity index is 776. The smallest absolute Gasteiger partial charge is 0.353 e. The van der Waals surface area contributed by atoms with E-state index in [4.69, 9.17) is 10.5 Å². The largest absolute Gasteiger partial charge is 0.378 e. The molecule has 26 heavy (non-hydrogen) atoms. The first-order chi connectivity index (χ1) is 12.4. The van der Waals surface area contributed by atoms with Crippen LogP contribution in [-0.4, -0.2) is 40.2 Å². The van der Waals surface area contributed by atoms with Crippen LogP contribution in [0.15, 0.2) is 30.3 Å². The summed E-state index contributed by atoms with van der Waals surface area (Å²) in [7, 11) is 0. The van der Waals surface area contributed by atoms with Crippen molar-refractivity contribution in [2.24, 2.45) is 0 Å². The van der Waals surface area contributed by atoms with Crippen LogP contribution in [0.5, 0.6) is 0 Å². The molecule has 9 nitrogen and oxygen atoms in total. The van der Waals surface area contributed by atoms with E-state index in [0.29, 0.717) is 19.6 Å². The van der Waals surface area contributed by atoms with Crippen molar-refractivity contribution in [3.05, 3.63) is 46.0 Å². The van der Waals surface area contributed by atoms with E-state index in [-0.39, 0.29) is 35.5 Å². The lowest BCUT2D eigenvalue weighted by atomic mass is 10.2. The quantitative estimate of drug-likeness (QED) is 0.616. The number of nitro groups is 1. The van der Waals surface area contributed by atoms with Gasteiger partial charge in [-0.2, -0.15) is 9.97 Å². The van der Waals surface area contributed by atoms with Crippen molar-refractivity contribution in [1.82, 2.24) is 9.97 Å². The first-order valence-electron chi connectivity index (χ1n) is 8.44. The molecule has 3 rings (SSSR count). The van der Waals surface area contributed by atoms with Gasteiger partial charge in [0.05, 0.1) is 17.1 Å². The molecular weight excluding hydrogens is 336 g/mol.